The van der Waals surface area contributed by atoms with Gasteiger partial charge in [0, 0.05) is 13.2 Å². The van der Waals surface area contributed by atoms with E-state index in [1.807, 2.05) is 0 Å². The van der Waals surface area contributed by atoms with Crippen molar-refractivity contribution in [2.45, 2.75) is 44.9 Å². The molecule has 1 aromatic rings. The first kappa shape index (κ1) is 14.5. The average molecular weight is 261 g/mol. The second-order valence-corrected chi connectivity index (χ2v) is 5.92. The number of hydrogen-bond acceptors (Lipinski definition) is 2. The highest BCUT2D eigenvalue weighted by atomic mass is 16.3. The fourth-order valence-corrected chi connectivity index (χ4v) is 3.01. The first-order valence-electron chi connectivity index (χ1n) is 7.70. The van der Waals surface area contributed by atoms with Crippen LogP contribution in [0, 0.1) is 5.92 Å². The molecule has 0 radical (unpaired) electrons. The number of fused-ring (bicyclic) bond motifs is 1. The molecule has 0 saturated heterocycles. The van der Waals surface area contributed by atoms with Crippen LogP contribution in [-0.4, -0.2) is 24.8 Å². The number of aliphatic hydroxyl groups is 1. The van der Waals surface area contributed by atoms with Crippen LogP contribution in [0.15, 0.2) is 24.3 Å². The molecule has 2 N–H and O–H groups in total. The van der Waals surface area contributed by atoms with E-state index in [2.05, 4.69) is 36.5 Å². The Kier molecular flexibility index (Phi) is 5.87. The number of nitrogens with one attached hydrogen (secondary N) is 1. The van der Waals surface area contributed by atoms with Crippen molar-refractivity contribution in [2.75, 3.05) is 19.7 Å². The highest BCUT2D eigenvalue weighted by Gasteiger charge is 2.18. The van der Waals surface area contributed by atoms with Crippen LogP contribution < -0.4 is 5.32 Å². The molecule has 2 atom stereocenters. The van der Waals surface area contributed by atoms with Crippen molar-refractivity contribution in [3.05, 3.63) is 35.4 Å². The van der Waals surface area contributed by atoms with Crippen LogP contribution in [0.4, 0.5) is 0 Å². The summed E-state index contributed by atoms with van der Waals surface area (Å²) in [5, 5.41) is 12.6. The van der Waals surface area contributed by atoms with E-state index < -0.39 is 0 Å². The maximum atomic E-state index is 8.98. The van der Waals surface area contributed by atoms with Crippen molar-refractivity contribution in [3.63, 3.8) is 0 Å². The predicted molar refractivity (Wildman–Crippen MR) is 80.5 cm³/mol. The molecule has 2 nitrogen and oxygen atoms in total. The van der Waals surface area contributed by atoms with E-state index in [0.29, 0.717) is 18.4 Å². The third kappa shape index (κ3) is 4.32. The van der Waals surface area contributed by atoms with E-state index in [0.717, 1.165) is 25.9 Å². The summed E-state index contributed by atoms with van der Waals surface area (Å²) in [6.07, 6.45) is 6.17. The molecule has 0 fully saturated rings. The molecule has 1 aliphatic rings. The van der Waals surface area contributed by atoms with Gasteiger partial charge in [0.15, 0.2) is 0 Å². The van der Waals surface area contributed by atoms with Gasteiger partial charge in [-0.1, -0.05) is 31.2 Å². The monoisotopic (exact) mass is 261 g/mol. The van der Waals surface area contributed by atoms with Crippen LogP contribution in [-0.2, 0) is 6.42 Å². The molecular formula is C17H27NO. The Morgan fingerprint density at radius 3 is 3.05 bits per heavy atom. The summed E-state index contributed by atoms with van der Waals surface area (Å²) in [7, 11) is 0. The molecule has 106 valence electrons. The molecule has 0 aliphatic heterocycles. The summed E-state index contributed by atoms with van der Waals surface area (Å²) < 4.78 is 0. The predicted octanol–water partition coefficient (Wildman–Crippen LogP) is 3.10. The lowest BCUT2D eigenvalue weighted by molar-refractivity contribution is 0.228. The van der Waals surface area contributed by atoms with Crippen LogP contribution in [0.2, 0.25) is 0 Å². The molecule has 0 aromatic heterocycles. The van der Waals surface area contributed by atoms with Gasteiger partial charge in [0.1, 0.15) is 0 Å². The van der Waals surface area contributed by atoms with E-state index in [1.54, 1.807) is 11.1 Å². The Balaban J connectivity index is 1.72. The third-order valence-electron chi connectivity index (χ3n) is 4.25. The third-order valence-corrected chi connectivity index (χ3v) is 4.25. The van der Waals surface area contributed by atoms with Crippen molar-refractivity contribution in [1.29, 1.82) is 0 Å². The van der Waals surface area contributed by atoms with Crippen molar-refractivity contribution < 1.29 is 5.11 Å². The van der Waals surface area contributed by atoms with E-state index in [4.69, 9.17) is 5.11 Å². The topological polar surface area (TPSA) is 32.3 Å². The zero-order valence-electron chi connectivity index (χ0n) is 12.1. The Morgan fingerprint density at radius 1 is 1.37 bits per heavy atom. The van der Waals surface area contributed by atoms with Gasteiger partial charge in [0.25, 0.3) is 0 Å². The van der Waals surface area contributed by atoms with Crippen LogP contribution in [0.5, 0.6) is 0 Å². The summed E-state index contributed by atoms with van der Waals surface area (Å²) >= 11 is 0. The Labute approximate surface area is 117 Å². The van der Waals surface area contributed by atoms with Gasteiger partial charge >= 0.3 is 0 Å². The van der Waals surface area contributed by atoms with Crippen molar-refractivity contribution in [3.8, 4) is 0 Å². The number of aryl methyl sites for hydroxylation is 1. The van der Waals surface area contributed by atoms with Gasteiger partial charge in [-0.2, -0.15) is 0 Å². The minimum atomic E-state index is 0.315. The summed E-state index contributed by atoms with van der Waals surface area (Å²) in [6.45, 7) is 4.60. The largest absolute Gasteiger partial charge is 0.396 e. The van der Waals surface area contributed by atoms with Gasteiger partial charge < -0.3 is 10.4 Å². The highest BCUT2D eigenvalue weighted by Crippen LogP contribution is 2.30. The number of benzene rings is 1. The van der Waals surface area contributed by atoms with E-state index in [1.165, 1.54) is 19.3 Å². The van der Waals surface area contributed by atoms with E-state index in [9.17, 15) is 0 Å². The average Bonchev–Trinajstić information content (AvgIpc) is 2.46. The standard InChI is InChI=1S/C17H27NO/c1-14(13-19)6-5-11-18-12-16-9-4-8-15-7-2-3-10-17(15)16/h2-3,7,10,14,16,18-19H,4-6,8-9,11-13H2,1H3. The highest BCUT2D eigenvalue weighted by molar-refractivity contribution is 5.32. The van der Waals surface area contributed by atoms with Crippen LogP contribution in [0.1, 0.15) is 49.7 Å². The van der Waals surface area contributed by atoms with Gasteiger partial charge in [-0.15, -0.1) is 0 Å². The van der Waals surface area contributed by atoms with Gasteiger partial charge in [0.05, 0.1) is 0 Å². The van der Waals surface area contributed by atoms with Crippen LogP contribution in [0.3, 0.4) is 0 Å². The van der Waals surface area contributed by atoms with Gasteiger partial charge in [-0.05, 0) is 61.6 Å². The maximum Gasteiger partial charge on any atom is 0.0456 e. The fraction of sp³-hybridized carbons (Fsp3) is 0.647. The lowest BCUT2D eigenvalue weighted by Crippen LogP contribution is -2.25. The molecule has 0 amide bonds. The van der Waals surface area contributed by atoms with Crippen molar-refractivity contribution in [2.24, 2.45) is 5.92 Å². The molecule has 0 bridgehead atoms. The Morgan fingerprint density at radius 2 is 2.21 bits per heavy atom. The van der Waals surface area contributed by atoms with Crippen LogP contribution in [0.25, 0.3) is 0 Å². The Bertz CT molecular complexity index is 377. The molecule has 2 heteroatoms. The summed E-state index contributed by atoms with van der Waals surface area (Å²) in [4.78, 5) is 0. The first-order chi connectivity index (χ1) is 9.31. The molecular weight excluding hydrogens is 234 g/mol. The van der Waals surface area contributed by atoms with Gasteiger partial charge in [-0.3, -0.25) is 0 Å². The number of hydrogen-bond donors (Lipinski definition) is 2. The molecule has 19 heavy (non-hydrogen) atoms. The minimum Gasteiger partial charge on any atom is -0.396 e. The van der Waals surface area contributed by atoms with Gasteiger partial charge in [-0.25, -0.2) is 0 Å². The molecule has 1 aliphatic carbocycles. The lowest BCUT2D eigenvalue weighted by atomic mass is 9.83. The second kappa shape index (κ2) is 7.66. The molecule has 2 rings (SSSR count). The smallest absolute Gasteiger partial charge is 0.0456 e. The van der Waals surface area contributed by atoms with E-state index >= 15 is 0 Å². The first-order valence-corrected chi connectivity index (χ1v) is 7.70. The maximum absolute atomic E-state index is 8.98. The van der Waals surface area contributed by atoms with Crippen molar-refractivity contribution >= 4 is 0 Å². The lowest BCUT2D eigenvalue weighted by Gasteiger charge is -2.25. The quantitative estimate of drug-likeness (QED) is 0.739. The number of aliphatic hydroxyl groups excluding tert-OH is 1. The zero-order chi connectivity index (χ0) is 13.5. The normalized spacial score (nSPS) is 20.0. The SMILES string of the molecule is CC(CO)CCCNCC1CCCc2ccccc21. The van der Waals surface area contributed by atoms with Crippen LogP contribution >= 0.6 is 0 Å². The fourth-order valence-electron chi connectivity index (χ4n) is 3.01. The van der Waals surface area contributed by atoms with Crippen molar-refractivity contribution in [1.82, 2.24) is 5.32 Å². The molecule has 0 spiro atoms. The number of rotatable bonds is 7. The second-order valence-electron chi connectivity index (χ2n) is 5.92. The summed E-state index contributed by atoms with van der Waals surface area (Å²) in [5.41, 5.74) is 3.11. The molecule has 0 heterocycles. The summed E-state index contributed by atoms with van der Waals surface area (Å²) in [6, 6.07) is 8.91. The molecule has 0 saturated carbocycles. The summed E-state index contributed by atoms with van der Waals surface area (Å²) in [5.74, 6) is 1.14. The van der Waals surface area contributed by atoms with E-state index in [-0.39, 0.29) is 0 Å². The molecule has 2 unspecified atom stereocenters. The van der Waals surface area contributed by atoms with Gasteiger partial charge in [0.2, 0.25) is 0 Å². The minimum absolute atomic E-state index is 0.315. The Hall–Kier alpha value is -0.860. The molecule has 1 aromatic carbocycles. The zero-order valence-corrected chi connectivity index (χ0v) is 12.1.